The molecule has 0 bridgehead atoms. The van der Waals surface area contributed by atoms with Gasteiger partial charge in [-0.25, -0.2) is 0 Å². The Hall–Kier alpha value is -2.11. The summed E-state index contributed by atoms with van der Waals surface area (Å²) in [5, 5.41) is 5.63. The number of benzene rings is 1. The van der Waals surface area contributed by atoms with Crippen molar-refractivity contribution >= 4 is 5.71 Å². The van der Waals surface area contributed by atoms with Gasteiger partial charge >= 0.3 is 6.18 Å². The number of hydrogen-bond donors (Lipinski definition) is 1. The van der Waals surface area contributed by atoms with E-state index in [1.807, 2.05) is 19.1 Å². The average molecular weight is 279 g/mol. The van der Waals surface area contributed by atoms with E-state index in [1.54, 1.807) is 12.1 Å². The SMILES string of the molecule is CC1Cc2ccccc2C(c2c[nH]nc2C(F)(F)F)=N1. The highest BCUT2D eigenvalue weighted by Crippen LogP contribution is 2.33. The fourth-order valence-corrected chi connectivity index (χ4v) is 2.48. The summed E-state index contributed by atoms with van der Waals surface area (Å²) in [6.07, 6.45) is -2.50. The highest BCUT2D eigenvalue weighted by Gasteiger charge is 2.38. The molecular formula is C14H12F3N3. The number of aromatic nitrogens is 2. The summed E-state index contributed by atoms with van der Waals surface area (Å²) >= 11 is 0. The fraction of sp³-hybridized carbons (Fsp3) is 0.286. The average Bonchev–Trinajstić information content (AvgIpc) is 2.86. The standard InChI is InChI=1S/C14H12F3N3/c1-8-6-9-4-2-3-5-10(9)12(19-8)11-7-18-20-13(11)14(15,16)17/h2-5,7-8H,6H2,1H3,(H,18,20). The zero-order valence-corrected chi connectivity index (χ0v) is 10.7. The van der Waals surface area contributed by atoms with Crippen molar-refractivity contribution in [3.05, 3.63) is 52.8 Å². The van der Waals surface area contributed by atoms with E-state index in [9.17, 15) is 13.2 Å². The molecule has 1 aliphatic heterocycles. The second-order valence-electron chi connectivity index (χ2n) is 4.83. The van der Waals surface area contributed by atoms with Crippen molar-refractivity contribution < 1.29 is 13.2 Å². The van der Waals surface area contributed by atoms with Crippen LogP contribution in [0.25, 0.3) is 0 Å². The molecule has 0 aliphatic carbocycles. The van der Waals surface area contributed by atoms with Crippen molar-refractivity contribution in [2.45, 2.75) is 25.6 Å². The highest BCUT2D eigenvalue weighted by molar-refractivity contribution is 6.15. The fourth-order valence-electron chi connectivity index (χ4n) is 2.48. The van der Waals surface area contributed by atoms with Crippen LogP contribution in [0.15, 0.2) is 35.5 Å². The van der Waals surface area contributed by atoms with E-state index in [4.69, 9.17) is 0 Å². The maximum atomic E-state index is 13.0. The maximum Gasteiger partial charge on any atom is 0.435 e. The third kappa shape index (κ3) is 2.11. The third-order valence-electron chi connectivity index (χ3n) is 3.30. The normalized spacial score (nSPS) is 18.6. The minimum atomic E-state index is -4.49. The van der Waals surface area contributed by atoms with Gasteiger partial charge in [0.05, 0.1) is 17.3 Å². The first-order valence-electron chi connectivity index (χ1n) is 6.24. The van der Waals surface area contributed by atoms with Gasteiger partial charge in [-0.05, 0) is 18.9 Å². The lowest BCUT2D eigenvalue weighted by molar-refractivity contribution is -0.141. The van der Waals surface area contributed by atoms with Crippen molar-refractivity contribution in [1.82, 2.24) is 10.2 Å². The number of nitrogens with one attached hydrogen (secondary N) is 1. The summed E-state index contributed by atoms with van der Waals surface area (Å²) in [7, 11) is 0. The molecule has 1 N–H and O–H groups in total. The second-order valence-corrected chi connectivity index (χ2v) is 4.83. The Bertz CT molecular complexity index is 670. The molecule has 1 aliphatic rings. The first-order valence-corrected chi connectivity index (χ1v) is 6.24. The molecule has 2 heterocycles. The summed E-state index contributed by atoms with van der Waals surface area (Å²) in [5.41, 5.74) is 1.22. The van der Waals surface area contributed by atoms with E-state index >= 15 is 0 Å². The van der Waals surface area contributed by atoms with Crippen molar-refractivity contribution in [3.63, 3.8) is 0 Å². The molecule has 1 unspecified atom stereocenters. The summed E-state index contributed by atoms with van der Waals surface area (Å²) in [6, 6.07) is 7.36. The molecule has 20 heavy (non-hydrogen) atoms. The Labute approximate surface area is 113 Å². The van der Waals surface area contributed by atoms with Gasteiger partial charge in [-0.3, -0.25) is 10.1 Å². The van der Waals surface area contributed by atoms with Crippen LogP contribution in [0.4, 0.5) is 13.2 Å². The molecule has 2 aromatic rings. The number of fused-ring (bicyclic) bond motifs is 1. The van der Waals surface area contributed by atoms with E-state index in [0.717, 1.165) is 17.5 Å². The molecular weight excluding hydrogens is 267 g/mol. The lowest BCUT2D eigenvalue weighted by Gasteiger charge is -2.21. The molecule has 0 amide bonds. The summed E-state index contributed by atoms with van der Waals surface area (Å²) in [6.45, 7) is 1.89. The van der Waals surface area contributed by atoms with Crippen LogP contribution in [0.2, 0.25) is 0 Å². The molecule has 3 nitrogen and oxygen atoms in total. The number of H-pyrrole nitrogens is 1. The van der Waals surface area contributed by atoms with Crippen molar-refractivity contribution in [2.24, 2.45) is 4.99 Å². The van der Waals surface area contributed by atoms with E-state index in [0.29, 0.717) is 5.71 Å². The molecule has 0 saturated heterocycles. The van der Waals surface area contributed by atoms with Crippen LogP contribution in [0.1, 0.15) is 29.3 Å². The van der Waals surface area contributed by atoms with Gasteiger partial charge in [-0.15, -0.1) is 0 Å². The molecule has 0 saturated carbocycles. The molecule has 0 fully saturated rings. The van der Waals surface area contributed by atoms with Gasteiger partial charge in [0.25, 0.3) is 0 Å². The predicted octanol–water partition coefficient (Wildman–Crippen LogP) is 3.21. The lowest BCUT2D eigenvalue weighted by Crippen LogP contribution is -2.21. The van der Waals surface area contributed by atoms with Crippen molar-refractivity contribution in [2.75, 3.05) is 0 Å². The van der Waals surface area contributed by atoms with Crippen LogP contribution in [0.3, 0.4) is 0 Å². The largest absolute Gasteiger partial charge is 0.435 e. The molecule has 0 spiro atoms. The Morgan fingerprint density at radius 3 is 2.70 bits per heavy atom. The Balaban J connectivity index is 2.17. The van der Waals surface area contributed by atoms with Crippen molar-refractivity contribution in [3.8, 4) is 0 Å². The number of halogens is 3. The Morgan fingerprint density at radius 2 is 1.95 bits per heavy atom. The minimum absolute atomic E-state index is 0.0106. The molecule has 1 atom stereocenters. The summed E-state index contributed by atoms with van der Waals surface area (Å²) in [4.78, 5) is 4.40. The molecule has 6 heteroatoms. The first-order chi connectivity index (χ1) is 9.47. The van der Waals surface area contributed by atoms with E-state index in [2.05, 4.69) is 15.2 Å². The number of alkyl halides is 3. The zero-order valence-electron chi connectivity index (χ0n) is 10.7. The van der Waals surface area contributed by atoms with Gasteiger partial charge in [0.1, 0.15) is 0 Å². The van der Waals surface area contributed by atoms with E-state index < -0.39 is 11.9 Å². The zero-order chi connectivity index (χ0) is 14.3. The van der Waals surface area contributed by atoms with Crippen LogP contribution in [0.5, 0.6) is 0 Å². The van der Waals surface area contributed by atoms with Gasteiger partial charge in [0.2, 0.25) is 0 Å². The number of aromatic amines is 1. The monoisotopic (exact) mass is 279 g/mol. The molecule has 1 aromatic carbocycles. The first kappa shape index (κ1) is 12.9. The Morgan fingerprint density at radius 1 is 1.20 bits per heavy atom. The molecule has 104 valence electrons. The number of hydrogen-bond acceptors (Lipinski definition) is 2. The van der Waals surface area contributed by atoms with Crippen LogP contribution < -0.4 is 0 Å². The van der Waals surface area contributed by atoms with Crippen LogP contribution in [0, 0.1) is 0 Å². The smallest absolute Gasteiger partial charge is 0.284 e. The van der Waals surface area contributed by atoms with E-state index in [-0.39, 0.29) is 11.6 Å². The maximum absolute atomic E-state index is 13.0. The molecule has 0 radical (unpaired) electrons. The second kappa shape index (κ2) is 4.47. The van der Waals surface area contributed by atoms with E-state index in [1.165, 1.54) is 6.20 Å². The number of nitrogens with zero attached hydrogens (tertiary/aromatic N) is 2. The Kier molecular flexibility index (Phi) is 2.88. The topological polar surface area (TPSA) is 41.0 Å². The summed E-state index contributed by atoms with van der Waals surface area (Å²) in [5.74, 6) is 0. The quantitative estimate of drug-likeness (QED) is 0.855. The lowest BCUT2D eigenvalue weighted by atomic mass is 9.91. The highest BCUT2D eigenvalue weighted by atomic mass is 19.4. The van der Waals surface area contributed by atoms with Crippen LogP contribution in [-0.2, 0) is 12.6 Å². The number of aliphatic imine (C=N–C) groups is 1. The minimum Gasteiger partial charge on any atom is -0.284 e. The van der Waals surface area contributed by atoms with Gasteiger partial charge in [-0.1, -0.05) is 24.3 Å². The van der Waals surface area contributed by atoms with Crippen LogP contribution >= 0.6 is 0 Å². The van der Waals surface area contributed by atoms with Gasteiger partial charge in [0, 0.05) is 11.8 Å². The van der Waals surface area contributed by atoms with Gasteiger partial charge in [-0.2, -0.15) is 18.3 Å². The predicted molar refractivity (Wildman–Crippen MR) is 68.8 cm³/mol. The van der Waals surface area contributed by atoms with Crippen molar-refractivity contribution in [1.29, 1.82) is 0 Å². The molecule has 1 aromatic heterocycles. The summed E-state index contributed by atoms with van der Waals surface area (Å²) < 4.78 is 38.9. The third-order valence-corrected chi connectivity index (χ3v) is 3.30. The van der Waals surface area contributed by atoms with Gasteiger partial charge < -0.3 is 0 Å². The van der Waals surface area contributed by atoms with Gasteiger partial charge in [0.15, 0.2) is 5.69 Å². The van der Waals surface area contributed by atoms with Crippen LogP contribution in [-0.4, -0.2) is 22.0 Å². The number of rotatable bonds is 1. The molecule has 3 rings (SSSR count).